The molecule has 0 fully saturated rings. The van der Waals surface area contributed by atoms with E-state index in [2.05, 4.69) is 4.98 Å². The molecule has 138 valence electrons. The summed E-state index contributed by atoms with van der Waals surface area (Å²) in [5.41, 5.74) is -1.79. The summed E-state index contributed by atoms with van der Waals surface area (Å²) in [6.07, 6.45) is -1.08. The molecule has 0 amide bonds. The van der Waals surface area contributed by atoms with E-state index in [-0.39, 0.29) is 17.2 Å². The first kappa shape index (κ1) is 20.7. The number of hydrogen-bond donors (Lipinski definition) is 0. The number of pyridine rings is 1. The van der Waals surface area contributed by atoms with Crippen molar-refractivity contribution in [3.63, 3.8) is 0 Å². The first-order chi connectivity index (χ1) is 11.3. The van der Waals surface area contributed by atoms with Crippen molar-refractivity contribution in [2.24, 2.45) is 0 Å². The summed E-state index contributed by atoms with van der Waals surface area (Å²) in [5.74, 6) is -0.499. The zero-order chi connectivity index (χ0) is 19.4. The van der Waals surface area contributed by atoms with Gasteiger partial charge in [0, 0.05) is 6.07 Å². The number of ether oxygens (including phenoxy) is 4. The van der Waals surface area contributed by atoms with E-state index in [0.717, 1.165) is 12.3 Å². The van der Waals surface area contributed by atoms with Crippen LogP contribution >= 0.6 is 11.6 Å². The highest BCUT2D eigenvalue weighted by molar-refractivity contribution is 6.67. The van der Waals surface area contributed by atoms with Gasteiger partial charge in [0.05, 0.1) is 6.20 Å². The molecule has 1 heterocycles. The third kappa shape index (κ3) is 7.84. The molecule has 0 saturated carbocycles. The minimum Gasteiger partial charge on any atom is -0.428 e. The number of carbonyl (C=O) groups is 3. The highest BCUT2D eigenvalue weighted by Crippen LogP contribution is 2.29. The van der Waals surface area contributed by atoms with Gasteiger partial charge < -0.3 is 18.9 Å². The lowest BCUT2D eigenvalue weighted by atomic mass is 10.2. The predicted molar refractivity (Wildman–Crippen MR) is 88.1 cm³/mol. The van der Waals surface area contributed by atoms with Crippen LogP contribution in [0.25, 0.3) is 0 Å². The lowest BCUT2D eigenvalue weighted by molar-refractivity contribution is 0.0136. The Morgan fingerprint density at radius 2 is 1.32 bits per heavy atom. The molecule has 0 aliphatic rings. The van der Waals surface area contributed by atoms with Crippen LogP contribution in [0.1, 0.15) is 52.0 Å². The van der Waals surface area contributed by atoms with Crippen molar-refractivity contribution in [1.82, 2.24) is 4.98 Å². The van der Waals surface area contributed by atoms with Gasteiger partial charge in [-0.15, -0.1) is 0 Å². The van der Waals surface area contributed by atoms with Crippen molar-refractivity contribution < 1.29 is 33.3 Å². The molecule has 9 heteroatoms. The molecule has 0 unspecified atom stereocenters. The summed E-state index contributed by atoms with van der Waals surface area (Å²) in [5, 5.41) is -0.877. The molecule has 0 aliphatic heterocycles. The smallest absolute Gasteiger partial charge is 0.428 e. The van der Waals surface area contributed by atoms with Crippen LogP contribution in [0, 0.1) is 0 Å². The zero-order valence-corrected chi connectivity index (χ0v) is 15.6. The molecule has 0 N–H and O–H groups in total. The lowest BCUT2D eigenvalue weighted by Gasteiger charge is -2.20. The van der Waals surface area contributed by atoms with Crippen molar-refractivity contribution in [1.29, 1.82) is 0 Å². The number of aromatic nitrogens is 1. The number of carbonyl (C=O) groups excluding carboxylic acids is 3. The Morgan fingerprint density at radius 1 is 0.880 bits per heavy atom. The molecule has 1 aromatic heterocycles. The van der Waals surface area contributed by atoms with Crippen LogP contribution in [0.2, 0.25) is 0 Å². The molecule has 0 aromatic carbocycles. The number of rotatable bonds is 3. The van der Waals surface area contributed by atoms with Crippen molar-refractivity contribution in [3.8, 4) is 11.5 Å². The monoisotopic (exact) mass is 373 g/mol. The highest BCUT2D eigenvalue weighted by Gasteiger charge is 2.24. The Bertz CT molecular complexity index is 674. The van der Waals surface area contributed by atoms with E-state index in [4.69, 9.17) is 30.5 Å². The average Bonchev–Trinajstić information content (AvgIpc) is 2.35. The summed E-state index contributed by atoms with van der Waals surface area (Å²) in [6.45, 7) is 9.89. The number of hydrogen-bond acceptors (Lipinski definition) is 8. The molecular formula is C16H20ClNO7. The number of nitrogens with zero attached hydrogens (tertiary/aromatic N) is 1. The molecule has 8 nitrogen and oxygen atoms in total. The molecule has 0 atom stereocenters. The average molecular weight is 374 g/mol. The highest BCUT2D eigenvalue weighted by atomic mass is 35.5. The molecule has 1 aromatic rings. The molecule has 0 spiro atoms. The summed E-state index contributed by atoms with van der Waals surface area (Å²) in [6, 6.07) is 1.05. The van der Waals surface area contributed by atoms with E-state index in [1.165, 1.54) is 0 Å². The van der Waals surface area contributed by atoms with E-state index in [1.54, 1.807) is 41.5 Å². The second kappa shape index (κ2) is 7.69. The van der Waals surface area contributed by atoms with E-state index in [1.807, 2.05) is 0 Å². The fourth-order valence-corrected chi connectivity index (χ4v) is 1.51. The summed E-state index contributed by atoms with van der Waals surface area (Å²) < 4.78 is 20.0. The Labute approximate surface area is 150 Å². The first-order valence-electron chi connectivity index (χ1n) is 7.28. The van der Waals surface area contributed by atoms with Gasteiger partial charge in [-0.3, -0.25) is 4.79 Å². The van der Waals surface area contributed by atoms with Gasteiger partial charge in [-0.2, -0.15) is 0 Å². The fraction of sp³-hybridized carbons (Fsp3) is 0.500. The normalized spacial score (nSPS) is 11.5. The maximum Gasteiger partial charge on any atom is 0.514 e. The van der Waals surface area contributed by atoms with Crippen LogP contribution in [-0.4, -0.2) is 33.7 Å². The summed E-state index contributed by atoms with van der Waals surface area (Å²) in [7, 11) is 0. The van der Waals surface area contributed by atoms with Crippen molar-refractivity contribution in [3.05, 3.63) is 18.0 Å². The maximum absolute atomic E-state index is 11.8. The van der Waals surface area contributed by atoms with Crippen LogP contribution in [0.15, 0.2) is 12.3 Å². The van der Waals surface area contributed by atoms with Crippen molar-refractivity contribution in [2.45, 2.75) is 52.7 Å². The van der Waals surface area contributed by atoms with Gasteiger partial charge in [0.2, 0.25) is 0 Å². The minimum atomic E-state index is -1.05. The predicted octanol–water partition coefficient (Wildman–Crippen LogP) is 4.09. The van der Waals surface area contributed by atoms with Crippen LogP contribution in [0.5, 0.6) is 11.5 Å². The Hall–Kier alpha value is -2.35. The van der Waals surface area contributed by atoms with Gasteiger partial charge in [-0.1, -0.05) is 0 Å². The van der Waals surface area contributed by atoms with Gasteiger partial charge in [-0.05, 0) is 53.1 Å². The molecule has 1 rings (SSSR count). The van der Waals surface area contributed by atoms with Gasteiger partial charge in [-0.25, -0.2) is 14.6 Å². The summed E-state index contributed by atoms with van der Waals surface area (Å²) in [4.78, 5) is 38.6. The Balaban J connectivity index is 3.05. The molecule has 0 aliphatic carbocycles. The van der Waals surface area contributed by atoms with E-state index in [0.29, 0.717) is 0 Å². The molecule has 0 radical (unpaired) electrons. The first-order valence-corrected chi connectivity index (χ1v) is 7.66. The van der Waals surface area contributed by atoms with E-state index in [9.17, 15) is 14.4 Å². The minimum absolute atomic E-state index is 0.197. The van der Waals surface area contributed by atoms with E-state index < -0.39 is 28.8 Å². The van der Waals surface area contributed by atoms with E-state index >= 15 is 0 Å². The molecule has 0 bridgehead atoms. The second-order valence-electron chi connectivity index (χ2n) is 6.92. The standard InChI is InChI=1S/C16H20ClNO7/c1-15(2,3)24-13(20)22-10-7-9(12(17)19)18-8-11(10)23-14(21)25-16(4,5)6/h7-8H,1-6H3. The molecule has 25 heavy (non-hydrogen) atoms. The van der Waals surface area contributed by atoms with Gasteiger partial charge in [0.1, 0.15) is 16.9 Å². The van der Waals surface area contributed by atoms with Crippen molar-refractivity contribution in [2.75, 3.05) is 0 Å². The topological polar surface area (TPSA) is 101 Å². The van der Waals surface area contributed by atoms with Crippen LogP contribution in [0.4, 0.5) is 9.59 Å². The third-order valence-corrected chi connectivity index (χ3v) is 2.39. The zero-order valence-electron chi connectivity index (χ0n) is 14.8. The van der Waals surface area contributed by atoms with Gasteiger partial charge in [0.15, 0.2) is 11.5 Å². The van der Waals surface area contributed by atoms with Crippen LogP contribution in [0.3, 0.4) is 0 Å². The Morgan fingerprint density at radius 3 is 1.72 bits per heavy atom. The second-order valence-corrected chi connectivity index (χ2v) is 7.27. The Kier molecular flexibility index (Phi) is 6.37. The quantitative estimate of drug-likeness (QED) is 0.576. The van der Waals surface area contributed by atoms with Gasteiger partial charge in [0.25, 0.3) is 5.24 Å². The van der Waals surface area contributed by atoms with Crippen molar-refractivity contribution >= 4 is 29.2 Å². The number of halogens is 1. The third-order valence-electron chi connectivity index (χ3n) is 2.20. The molecule has 0 saturated heterocycles. The van der Waals surface area contributed by atoms with Crippen LogP contribution in [-0.2, 0) is 9.47 Å². The maximum atomic E-state index is 11.8. The van der Waals surface area contributed by atoms with Crippen LogP contribution < -0.4 is 9.47 Å². The largest absolute Gasteiger partial charge is 0.514 e. The molecular weight excluding hydrogens is 354 g/mol. The SMILES string of the molecule is CC(C)(C)OC(=O)Oc1cnc(C(=O)Cl)cc1OC(=O)OC(C)(C)C. The van der Waals surface area contributed by atoms with Gasteiger partial charge >= 0.3 is 12.3 Å². The summed E-state index contributed by atoms with van der Waals surface area (Å²) >= 11 is 5.36. The lowest BCUT2D eigenvalue weighted by Crippen LogP contribution is -2.27. The fourth-order valence-electron chi connectivity index (χ4n) is 1.41.